The van der Waals surface area contributed by atoms with Crippen molar-refractivity contribution in [3.8, 4) is 5.75 Å². The summed E-state index contributed by atoms with van der Waals surface area (Å²) in [6, 6.07) is 4.49. The Balaban J connectivity index is 2.54. The van der Waals surface area contributed by atoms with Gasteiger partial charge in [0.05, 0.1) is 19.3 Å². The van der Waals surface area contributed by atoms with Gasteiger partial charge in [0.25, 0.3) is 0 Å². The number of amides is 3. The molecule has 0 unspecified atom stereocenters. The molecule has 1 aromatic carbocycles. The molecule has 3 N–H and O–H groups in total. The Morgan fingerprint density at radius 2 is 2.05 bits per heavy atom. The number of halogens is 1. The molecule has 1 rings (SSSR count). The van der Waals surface area contributed by atoms with Gasteiger partial charge in [0.1, 0.15) is 5.75 Å². The maximum atomic E-state index is 11.7. The zero-order valence-electron chi connectivity index (χ0n) is 11.6. The number of benzene rings is 1. The summed E-state index contributed by atoms with van der Waals surface area (Å²) in [5.74, 6) is 0.124. The molecule has 0 aliphatic carbocycles. The molecule has 110 valence electrons. The third-order valence-electron chi connectivity index (χ3n) is 2.26. The Morgan fingerprint density at radius 1 is 1.35 bits per heavy atom. The van der Waals surface area contributed by atoms with E-state index in [2.05, 4.69) is 16.0 Å². The topological polar surface area (TPSA) is 79.5 Å². The van der Waals surface area contributed by atoms with E-state index in [-0.39, 0.29) is 18.5 Å². The fourth-order valence-corrected chi connectivity index (χ4v) is 1.62. The predicted octanol–water partition coefficient (Wildman–Crippen LogP) is 1.99. The van der Waals surface area contributed by atoms with Crippen LogP contribution in [0.2, 0.25) is 5.02 Å². The molecule has 1 aromatic rings. The zero-order chi connectivity index (χ0) is 15.1. The molecule has 0 saturated heterocycles. The largest absolute Gasteiger partial charge is 0.495 e. The molecule has 0 spiro atoms. The van der Waals surface area contributed by atoms with Gasteiger partial charge in [0.15, 0.2) is 0 Å². The van der Waals surface area contributed by atoms with Crippen molar-refractivity contribution in [2.45, 2.75) is 19.9 Å². The average Bonchev–Trinajstić information content (AvgIpc) is 2.36. The van der Waals surface area contributed by atoms with Crippen LogP contribution in [-0.4, -0.2) is 31.6 Å². The quantitative estimate of drug-likeness (QED) is 0.778. The number of carbonyl (C=O) groups excluding carboxylic acids is 2. The molecule has 0 bridgehead atoms. The number of hydrogen-bond acceptors (Lipinski definition) is 3. The summed E-state index contributed by atoms with van der Waals surface area (Å²) in [4.78, 5) is 23.1. The lowest BCUT2D eigenvalue weighted by molar-refractivity contribution is -0.115. The number of carbonyl (C=O) groups is 2. The van der Waals surface area contributed by atoms with Crippen LogP contribution in [0.3, 0.4) is 0 Å². The summed E-state index contributed by atoms with van der Waals surface area (Å²) < 4.78 is 5.11. The van der Waals surface area contributed by atoms with Crippen molar-refractivity contribution >= 4 is 29.2 Å². The van der Waals surface area contributed by atoms with Crippen molar-refractivity contribution in [1.82, 2.24) is 10.6 Å². The van der Waals surface area contributed by atoms with Gasteiger partial charge in [-0.15, -0.1) is 0 Å². The van der Waals surface area contributed by atoms with E-state index in [0.29, 0.717) is 16.5 Å². The Bertz CT molecular complexity index is 492. The first kappa shape index (κ1) is 16.1. The van der Waals surface area contributed by atoms with E-state index in [1.54, 1.807) is 18.2 Å². The summed E-state index contributed by atoms with van der Waals surface area (Å²) in [7, 11) is 1.49. The first-order valence-corrected chi connectivity index (χ1v) is 6.48. The predicted molar refractivity (Wildman–Crippen MR) is 78.3 cm³/mol. The van der Waals surface area contributed by atoms with Crippen LogP contribution in [0, 0.1) is 0 Å². The molecule has 0 aliphatic heterocycles. The van der Waals surface area contributed by atoms with Gasteiger partial charge in [-0.2, -0.15) is 0 Å². The van der Waals surface area contributed by atoms with Crippen LogP contribution in [0.15, 0.2) is 18.2 Å². The van der Waals surface area contributed by atoms with Gasteiger partial charge in [-0.3, -0.25) is 4.79 Å². The number of ether oxygens (including phenoxy) is 1. The second-order valence-electron chi connectivity index (χ2n) is 4.37. The molecule has 6 nitrogen and oxygen atoms in total. The normalized spacial score (nSPS) is 10.1. The van der Waals surface area contributed by atoms with Gasteiger partial charge in [-0.05, 0) is 32.0 Å². The van der Waals surface area contributed by atoms with E-state index in [1.165, 1.54) is 7.11 Å². The van der Waals surface area contributed by atoms with E-state index in [1.807, 2.05) is 13.8 Å². The van der Waals surface area contributed by atoms with E-state index in [0.717, 1.165) is 0 Å². The monoisotopic (exact) mass is 299 g/mol. The van der Waals surface area contributed by atoms with E-state index < -0.39 is 6.03 Å². The molecule has 0 fully saturated rings. The van der Waals surface area contributed by atoms with Gasteiger partial charge in [-0.1, -0.05) is 11.6 Å². The van der Waals surface area contributed by atoms with Gasteiger partial charge in [0, 0.05) is 11.1 Å². The van der Waals surface area contributed by atoms with Crippen LogP contribution >= 0.6 is 11.6 Å². The summed E-state index contributed by atoms with van der Waals surface area (Å²) >= 11 is 5.86. The van der Waals surface area contributed by atoms with Crippen LogP contribution in [-0.2, 0) is 4.79 Å². The number of methoxy groups -OCH3 is 1. The minimum atomic E-state index is -0.395. The van der Waals surface area contributed by atoms with Crippen molar-refractivity contribution in [2.24, 2.45) is 0 Å². The molecule has 0 aromatic heterocycles. The number of urea groups is 1. The molecule has 0 radical (unpaired) electrons. The Kier molecular flexibility index (Phi) is 6.11. The number of hydrogen-bond donors (Lipinski definition) is 3. The standard InChI is InChI=1S/C13H18ClN3O3/c1-8(2)16-13(19)15-7-12(18)17-10-6-9(14)4-5-11(10)20-3/h4-6,8H,7H2,1-3H3,(H,17,18)(H2,15,16,19). The highest BCUT2D eigenvalue weighted by Crippen LogP contribution is 2.27. The van der Waals surface area contributed by atoms with Crippen molar-refractivity contribution in [1.29, 1.82) is 0 Å². The zero-order valence-corrected chi connectivity index (χ0v) is 12.4. The van der Waals surface area contributed by atoms with Crippen LogP contribution in [0.25, 0.3) is 0 Å². The van der Waals surface area contributed by atoms with Crippen molar-refractivity contribution in [2.75, 3.05) is 19.0 Å². The van der Waals surface area contributed by atoms with Crippen molar-refractivity contribution in [3.63, 3.8) is 0 Å². The van der Waals surface area contributed by atoms with Crippen molar-refractivity contribution < 1.29 is 14.3 Å². The molecular weight excluding hydrogens is 282 g/mol. The highest BCUT2D eigenvalue weighted by Gasteiger charge is 2.10. The minimum absolute atomic E-state index is 0.00563. The molecule has 0 atom stereocenters. The Labute approximate surface area is 122 Å². The van der Waals surface area contributed by atoms with Crippen LogP contribution in [0.1, 0.15) is 13.8 Å². The third-order valence-corrected chi connectivity index (χ3v) is 2.50. The molecule has 0 aliphatic rings. The van der Waals surface area contributed by atoms with Gasteiger partial charge >= 0.3 is 6.03 Å². The SMILES string of the molecule is COc1ccc(Cl)cc1NC(=O)CNC(=O)NC(C)C. The number of rotatable bonds is 5. The fourth-order valence-electron chi connectivity index (χ4n) is 1.45. The number of nitrogens with one attached hydrogen (secondary N) is 3. The van der Waals surface area contributed by atoms with Crippen LogP contribution < -0.4 is 20.7 Å². The second-order valence-corrected chi connectivity index (χ2v) is 4.81. The second kappa shape index (κ2) is 7.59. The highest BCUT2D eigenvalue weighted by molar-refractivity contribution is 6.31. The third kappa shape index (κ3) is 5.36. The van der Waals surface area contributed by atoms with Crippen molar-refractivity contribution in [3.05, 3.63) is 23.2 Å². The molecule has 0 saturated carbocycles. The van der Waals surface area contributed by atoms with Crippen LogP contribution in [0.4, 0.5) is 10.5 Å². The van der Waals surface area contributed by atoms with Crippen LogP contribution in [0.5, 0.6) is 5.75 Å². The fraction of sp³-hybridized carbons (Fsp3) is 0.385. The van der Waals surface area contributed by atoms with E-state index in [4.69, 9.17) is 16.3 Å². The first-order chi connectivity index (χ1) is 9.42. The van der Waals surface area contributed by atoms with Gasteiger partial charge in [0.2, 0.25) is 5.91 Å². The Hall–Kier alpha value is -1.95. The van der Waals surface area contributed by atoms with Gasteiger partial charge < -0.3 is 20.7 Å². The van der Waals surface area contributed by atoms with E-state index in [9.17, 15) is 9.59 Å². The maximum absolute atomic E-state index is 11.7. The molecular formula is C13H18ClN3O3. The summed E-state index contributed by atoms with van der Waals surface area (Å²) in [5, 5.41) is 8.17. The number of anilines is 1. The first-order valence-electron chi connectivity index (χ1n) is 6.10. The maximum Gasteiger partial charge on any atom is 0.315 e. The molecule has 0 heterocycles. The molecule has 20 heavy (non-hydrogen) atoms. The Morgan fingerprint density at radius 3 is 2.65 bits per heavy atom. The highest BCUT2D eigenvalue weighted by atomic mass is 35.5. The average molecular weight is 300 g/mol. The molecule has 7 heteroatoms. The lowest BCUT2D eigenvalue weighted by Crippen LogP contribution is -2.42. The lowest BCUT2D eigenvalue weighted by atomic mass is 10.3. The smallest absolute Gasteiger partial charge is 0.315 e. The summed E-state index contributed by atoms with van der Waals surface area (Å²) in [6.45, 7) is 3.52. The molecule has 3 amide bonds. The summed E-state index contributed by atoms with van der Waals surface area (Å²) in [5.41, 5.74) is 0.455. The minimum Gasteiger partial charge on any atom is -0.495 e. The summed E-state index contributed by atoms with van der Waals surface area (Å²) in [6.07, 6.45) is 0. The van der Waals surface area contributed by atoms with E-state index >= 15 is 0 Å². The van der Waals surface area contributed by atoms with Gasteiger partial charge in [-0.25, -0.2) is 4.79 Å². The lowest BCUT2D eigenvalue weighted by Gasteiger charge is -2.12.